The number of aromatic nitrogens is 5. The second-order valence-corrected chi connectivity index (χ2v) is 6.89. The van der Waals surface area contributed by atoms with Gasteiger partial charge in [-0.15, -0.1) is 0 Å². The Bertz CT molecular complexity index is 1000. The molecule has 0 spiro atoms. The van der Waals surface area contributed by atoms with E-state index in [9.17, 15) is 0 Å². The number of hydrogen-bond acceptors (Lipinski definition) is 3. The standard InChI is InChI=1S/C18H16BrN5/c1-11(2)16-14(10-24(23-16)13-6-4-3-5-7-13)17-21-15-8-12(19)9-20-18(15)22-17/h3-11H,1-2H3,(H,20,21,22). The lowest BCUT2D eigenvalue weighted by molar-refractivity contribution is 0.769. The van der Waals surface area contributed by atoms with E-state index in [-0.39, 0.29) is 5.92 Å². The quantitative estimate of drug-likeness (QED) is 0.559. The van der Waals surface area contributed by atoms with Gasteiger partial charge in [-0.05, 0) is 40.0 Å². The van der Waals surface area contributed by atoms with Gasteiger partial charge in [0.25, 0.3) is 0 Å². The van der Waals surface area contributed by atoms with Crippen LogP contribution in [0.4, 0.5) is 0 Å². The third-order valence-electron chi connectivity index (χ3n) is 3.87. The van der Waals surface area contributed by atoms with Crippen molar-refractivity contribution in [3.05, 3.63) is 59.0 Å². The number of fused-ring (bicyclic) bond motifs is 1. The molecule has 0 saturated heterocycles. The number of nitrogens with zero attached hydrogens (tertiary/aromatic N) is 4. The van der Waals surface area contributed by atoms with E-state index >= 15 is 0 Å². The van der Waals surface area contributed by atoms with E-state index in [0.29, 0.717) is 5.65 Å². The van der Waals surface area contributed by atoms with Crippen LogP contribution in [0, 0.1) is 0 Å². The molecule has 0 aliphatic heterocycles. The predicted molar refractivity (Wildman–Crippen MR) is 98.2 cm³/mol. The molecule has 1 aromatic carbocycles. The molecule has 4 rings (SSSR count). The highest BCUT2D eigenvalue weighted by atomic mass is 79.9. The monoisotopic (exact) mass is 381 g/mol. The van der Waals surface area contributed by atoms with Gasteiger partial charge in [-0.2, -0.15) is 5.10 Å². The molecular weight excluding hydrogens is 366 g/mol. The van der Waals surface area contributed by atoms with E-state index in [1.807, 2.05) is 47.3 Å². The van der Waals surface area contributed by atoms with Crippen LogP contribution in [0.2, 0.25) is 0 Å². The Balaban J connectivity index is 1.88. The van der Waals surface area contributed by atoms with E-state index < -0.39 is 0 Å². The summed E-state index contributed by atoms with van der Waals surface area (Å²) in [5.74, 6) is 1.08. The summed E-state index contributed by atoms with van der Waals surface area (Å²) in [5, 5.41) is 4.77. The minimum absolute atomic E-state index is 0.290. The number of rotatable bonds is 3. The minimum atomic E-state index is 0.290. The van der Waals surface area contributed by atoms with Crippen molar-refractivity contribution in [1.82, 2.24) is 24.7 Å². The number of H-pyrrole nitrogens is 1. The Morgan fingerprint density at radius 1 is 1.17 bits per heavy atom. The van der Waals surface area contributed by atoms with Gasteiger partial charge in [0.15, 0.2) is 5.65 Å². The predicted octanol–water partition coefficient (Wildman–Crippen LogP) is 4.70. The number of hydrogen-bond donors (Lipinski definition) is 1. The molecule has 0 fully saturated rings. The molecule has 0 unspecified atom stereocenters. The van der Waals surface area contributed by atoms with Crippen molar-refractivity contribution in [2.45, 2.75) is 19.8 Å². The molecule has 0 radical (unpaired) electrons. The number of benzene rings is 1. The average Bonchev–Trinajstić information content (AvgIpc) is 3.19. The van der Waals surface area contributed by atoms with Gasteiger partial charge < -0.3 is 4.98 Å². The Kier molecular flexibility index (Phi) is 3.69. The van der Waals surface area contributed by atoms with E-state index in [0.717, 1.165) is 32.8 Å². The summed E-state index contributed by atoms with van der Waals surface area (Å²) >= 11 is 3.44. The largest absolute Gasteiger partial charge is 0.336 e. The third kappa shape index (κ3) is 2.63. The summed E-state index contributed by atoms with van der Waals surface area (Å²) in [6.45, 7) is 4.28. The van der Waals surface area contributed by atoms with Crippen LogP contribution in [-0.4, -0.2) is 24.7 Å². The van der Waals surface area contributed by atoms with Crippen molar-refractivity contribution in [2.24, 2.45) is 0 Å². The van der Waals surface area contributed by atoms with Gasteiger partial charge in [0.2, 0.25) is 0 Å². The Morgan fingerprint density at radius 2 is 1.96 bits per heavy atom. The first-order chi connectivity index (χ1) is 11.6. The smallest absolute Gasteiger partial charge is 0.178 e. The summed E-state index contributed by atoms with van der Waals surface area (Å²) in [6, 6.07) is 12.1. The van der Waals surface area contributed by atoms with E-state index in [4.69, 9.17) is 5.10 Å². The first kappa shape index (κ1) is 15.1. The number of para-hydroxylation sites is 1. The average molecular weight is 382 g/mol. The molecule has 0 atom stereocenters. The van der Waals surface area contributed by atoms with Crippen molar-refractivity contribution in [3.8, 4) is 17.1 Å². The molecule has 0 aliphatic rings. The normalized spacial score (nSPS) is 11.5. The van der Waals surface area contributed by atoms with Crippen LogP contribution in [-0.2, 0) is 0 Å². The molecule has 1 N–H and O–H groups in total. The van der Waals surface area contributed by atoms with Crippen LogP contribution in [0.15, 0.2) is 53.3 Å². The first-order valence-electron chi connectivity index (χ1n) is 7.78. The fraction of sp³-hybridized carbons (Fsp3) is 0.167. The molecule has 5 nitrogen and oxygen atoms in total. The fourth-order valence-electron chi connectivity index (χ4n) is 2.71. The van der Waals surface area contributed by atoms with Gasteiger partial charge in [0, 0.05) is 16.9 Å². The van der Waals surface area contributed by atoms with Gasteiger partial charge in [-0.25, -0.2) is 14.6 Å². The molecule has 24 heavy (non-hydrogen) atoms. The number of halogens is 1. The molecular formula is C18H16BrN5. The molecule has 0 bridgehead atoms. The van der Waals surface area contributed by atoms with Crippen LogP contribution in [0.1, 0.15) is 25.5 Å². The molecule has 4 aromatic rings. The maximum Gasteiger partial charge on any atom is 0.178 e. The maximum absolute atomic E-state index is 4.77. The van der Waals surface area contributed by atoms with Gasteiger partial charge in [0.1, 0.15) is 5.82 Å². The van der Waals surface area contributed by atoms with Crippen LogP contribution >= 0.6 is 15.9 Å². The Morgan fingerprint density at radius 3 is 2.71 bits per heavy atom. The number of imidazole rings is 1. The number of pyridine rings is 1. The molecule has 0 saturated carbocycles. The van der Waals surface area contributed by atoms with E-state index in [1.165, 1.54) is 0 Å². The zero-order valence-electron chi connectivity index (χ0n) is 13.4. The minimum Gasteiger partial charge on any atom is -0.336 e. The maximum atomic E-state index is 4.77. The highest BCUT2D eigenvalue weighted by Crippen LogP contribution is 2.29. The summed E-state index contributed by atoms with van der Waals surface area (Å²) in [7, 11) is 0. The Labute approximate surface area is 147 Å². The van der Waals surface area contributed by atoms with Gasteiger partial charge in [-0.3, -0.25) is 0 Å². The van der Waals surface area contributed by atoms with Crippen LogP contribution in [0.25, 0.3) is 28.2 Å². The highest BCUT2D eigenvalue weighted by Gasteiger charge is 2.18. The van der Waals surface area contributed by atoms with Crippen molar-refractivity contribution < 1.29 is 0 Å². The highest BCUT2D eigenvalue weighted by molar-refractivity contribution is 9.10. The lowest BCUT2D eigenvalue weighted by Gasteiger charge is -2.02. The van der Waals surface area contributed by atoms with Gasteiger partial charge in [-0.1, -0.05) is 32.0 Å². The number of nitrogens with one attached hydrogen (secondary N) is 1. The first-order valence-corrected chi connectivity index (χ1v) is 8.58. The Hall–Kier alpha value is -2.47. The summed E-state index contributed by atoms with van der Waals surface area (Å²) < 4.78 is 2.83. The van der Waals surface area contributed by atoms with Crippen molar-refractivity contribution >= 4 is 27.1 Å². The second kappa shape index (κ2) is 5.87. The molecule has 0 amide bonds. The van der Waals surface area contributed by atoms with Crippen LogP contribution in [0.5, 0.6) is 0 Å². The van der Waals surface area contributed by atoms with Gasteiger partial charge in [0.05, 0.1) is 22.5 Å². The lowest BCUT2D eigenvalue weighted by atomic mass is 10.1. The van der Waals surface area contributed by atoms with Crippen molar-refractivity contribution in [2.75, 3.05) is 0 Å². The summed E-state index contributed by atoms with van der Waals surface area (Å²) in [4.78, 5) is 12.3. The zero-order valence-corrected chi connectivity index (χ0v) is 14.9. The molecule has 0 aliphatic carbocycles. The van der Waals surface area contributed by atoms with Crippen LogP contribution in [0.3, 0.4) is 0 Å². The third-order valence-corrected chi connectivity index (χ3v) is 4.30. The van der Waals surface area contributed by atoms with Gasteiger partial charge >= 0.3 is 0 Å². The van der Waals surface area contributed by atoms with E-state index in [2.05, 4.69) is 44.7 Å². The van der Waals surface area contributed by atoms with E-state index in [1.54, 1.807) is 6.20 Å². The van der Waals surface area contributed by atoms with Crippen molar-refractivity contribution in [1.29, 1.82) is 0 Å². The molecule has 3 heterocycles. The lowest BCUT2D eigenvalue weighted by Crippen LogP contribution is -1.96. The topological polar surface area (TPSA) is 59.4 Å². The van der Waals surface area contributed by atoms with Crippen molar-refractivity contribution in [3.63, 3.8) is 0 Å². The zero-order chi connectivity index (χ0) is 16.7. The van der Waals surface area contributed by atoms with Crippen LogP contribution < -0.4 is 0 Å². The summed E-state index contributed by atoms with van der Waals surface area (Å²) in [5.41, 5.74) is 4.65. The second-order valence-electron chi connectivity index (χ2n) is 5.97. The SMILES string of the molecule is CC(C)c1nn(-c2ccccc2)cc1-c1nc2ncc(Br)cc2[nH]1. The summed E-state index contributed by atoms with van der Waals surface area (Å²) in [6.07, 6.45) is 3.78. The molecule has 120 valence electrons. The molecule has 3 aromatic heterocycles. The number of aromatic amines is 1. The fourth-order valence-corrected chi connectivity index (χ4v) is 3.04. The molecule has 6 heteroatoms.